The lowest BCUT2D eigenvalue weighted by molar-refractivity contribution is -0.142. The van der Waals surface area contributed by atoms with Crippen LogP contribution in [0, 0.1) is 5.92 Å². The van der Waals surface area contributed by atoms with Crippen molar-refractivity contribution in [3.63, 3.8) is 0 Å². The van der Waals surface area contributed by atoms with Gasteiger partial charge in [0.2, 0.25) is 23.6 Å². The Balaban J connectivity index is 5.34. The molecule has 188 valence electrons. The summed E-state index contributed by atoms with van der Waals surface area (Å²) in [5.74, 6) is -4.14. The van der Waals surface area contributed by atoms with E-state index in [4.69, 9.17) is 22.9 Å². The molecule has 3 atom stereocenters. The summed E-state index contributed by atoms with van der Waals surface area (Å²) in [6, 6.07) is -3.45. The highest BCUT2D eigenvalue weighted by Gasteiger charge is 2.30. The van der Waals surface area contributed by atoms with E-state index in [0.717, 1.165) is 0 Å². The van der Waals surface area contributed by atoms with Gasteiger partial charge in [-0.1, -0.05) is 13.8 Å². The van der Waals surface area contributed by atoms with Crippen molar-refractivity contribution in [2.75, 3.05) is 13.1 Å². The number of hydrogen-bond acceptors (Lipinski definition) is 7. The normalized spacial score (nSPS) is 13.3. The summed E-state index contributed by atoms with van der Waals surface area (Å²) in [5, 5.41) is 16.7. The van der Waals surface area contributed by atoms with Crippen LogP contribution in [0.1, 0.15) is 46.0 Å². The molecule has 0 bridgehead atoms. The van der Waals surface area contributed by atoms with Crippen LogP contribution in [0.3, 0.4) is 0 Å². The number of carbonyl (C=O) groups is 5. The molecule has 12 N–H and O–H groups in total. The summed E-state index contributed by atoms with van der Waals surface area (Å²) in [7, 11) is 0. The van der Waals surface area contributed by atoms with Gasteiger partial charge in [0.1, 0.15) is 18.1 Å². The molecule has 0 fully saturated rings. The molecule has 33 heavy (non-hydrogen) atoms. The maximum absolute atomic E-state index is 12.8. The molecular formula is C19H36N8O6. The minimum absolute atomic E-state index is 0.0334. The average Bonchev–Trinajstić information content (AvgIpc) is 2.71. The molecule has 3 unspecified atom stereocenters. The Morgan fingerprint density at radius 1 is 0.879 bits per heavy atom. The topological polar surface area (TPSA) is 258 Å². The van der Waals surface area contributed by atoms with E-state index in [9.17, 15) is 29.1 Å². The second-order valence-corrected chi connectivity index (χ2v) is 7.87. The highest BCUT2D eigenvalue weighted by Crippen LogP contribution is 2.08. The monoisotopic (exact) mass is 472 g/mol. The van der Waals surface area contributed by atoms with Gasteiger partial charge in [0, 0.05) is 13.0 Å². The first-order valence-corrected chi connectivity index (χ1v) is 10.5. The van der Waals surface area contributed by atoms with E-state index in [0.29, 0.717) is 6.42 Å². The van der Waals surface area contributed by atoms with Crippen molar-refractivity contribution in [1.29, 1.82) is 0 Å². The SMILES string of the molecule is CC(C)CC(NC(=O)C(CCC(N)=O)NC(=O)CN)C(=O)NC(CCCN=C(N)N)C(=O)O. The lowest BCUT2D eigenvalue weighted by Crippen LogP contribution is -2.56. The van der Waals surface area contributed by atoms with Crippen LogP contribution in [-0.4, -0.2) is 71.9 Å². The van der Waals surface area contributed by atoms with Gasteiger partial charge in [0.25, 0.3) is 0 Å². The summed E-state index contributed by atoms with van der Waals surface area (Å²) in [6.07, 6.45) is 0.294. The van der Waals surface area contributed by atoms with E-state index in [-0.39, 0.29) is 50.7 Å². The van der Waals surface area contributed by atoms with Gasteiger partial charge in [-0.05, 0) is 31.6 Å². The zero-order chi connectivity index (χ0) is 25.6. The van der Waals surface area contributed by atoms with E-state index in [1.165, 1.54) is 0 Å². The van der Waals surface area contributed by atoms with Crippen LogP contribution >= 0.6 is 0 Å². The predicted octanol–water partition coefficient (Wildman–Crippen LogP) is -3.15. The third kappa shape index (κ3) is 13.6. The number of nitrogens with two attached hydrogens (primary N) is 4. The van der Waals surface area contributed by atoms with Crippen molar-refractivity contribution in [3.8, 4) is 0 Å². The molecular weight excluding hydrogens is 436 g/mol. The number of hydrogen-bond donors (Lipinski definition) is 8. The van der Waals surface area contributed by atoms with Crippen LogP contribution < -0.4 is 38.9 Å². The van der Waals surface area contributed by atoms with Crippen LogP contribution in [0.15, 0.2) is 4.99 Å². The fraction of sp³-hybridized carbons (Fsp3) is 0.684. The van der Waals surface area contributed by atoms with E-state index in [2.05, 4.69) is 20.9 Å². The maximum atomic E-state index is 12.8. The minimum Gasteiger partial charge on any atom is -0.480 e. The number of carboxylic acids is 1. The number of nitrogens with zero attached hydrogens (tertiary/aromatic N) is 1. The molecule has 4 amide bonds. The average molecular weight is 473 g/mol. The minimum atomic E-state index is -1.25. The molecule has 14 nitrogen and oxygen atoms in total. The third-order valence-electron chi connectivity index (χ3n) is 4.42. The van der Waals surface area contributed by atoms with E-state index in [1.54, 1.807) is 0 Å². The first-order valence-electron chi connectivity index (χ1n) is 10.5. The van der Waals surface area contributed by atoms with Crippen LogP contribution in [0.4, 0.5) is 0 Å². The highest BCUT2D eigenvalue weighted by molar-refractivity contribution is 5.93. The van der Waals surface area contributed by atoms with Gasteiger partial charge in [0.05, 0.1) is 6.54 Å². The van der Waals surface area contributed by atoms with Crippen molar-refractivity contribution in [3.05, 3.63) is 0 Å². The summed E-state index contributed by atoms with van der Waals surface area (Å²) in [4.78, 5) is 63.6. The Morgan fingerprint density at radius 2 is 1.45 bits per heavy atom. The summed E-state index contributed by atoms with van der Waals surface area (Å²) >= 11 is 0. The molecule has 0 aromatic carbocycles. The number of aliphatic carboxylic acids is 1. The van der Waals surface area contributed by atoms with Gasteiger partial charge in [-0.2, -0.15) is 0 Å². The molecule has 0 aliphatic rings. The van der Waals surface area contributed by atoms with Gasteiger partial charge in [0.15, 0.2) is 5.96 Å². The number of rotatable bonds is 16. The summed E-state index contributed by atoms with van der Waals surface area (Å²) in [6.45, 7) is 3.45. The Kier molecular flexibility index (Phi) is 13.8. The smallest absolute Gasteiger partial charge is 0.326 e. The van der Waals surface area contributed by atoms with Gasteiger partial charge in [-0.25, -0.2) is 4.79 Å². The van der Waals surface area contributed by atoms with Gasteiger partial charge in [-0.3, -0.25) is 24.2 Å². The lowest BCUT2D eigenvalue weighted by atomic mass is 10.0. The van der Waals surface area contributed by atoms with E-state index < -0.39 is 47.7 Å². The quantitative estimate of drug-likeness (QED) is 0.0639. The molecule has 0 heterocycles. The van der Waals surface area contributed by atoms with E-state index in [1.807, 2.05) is 13.8 Å². The number of carboxylic acid groups (broad SMARTS) is 1. The van der Waals surface area contributed by atoms with Crippen LogP contribution in [0.5, 0.6) is 0 Å². The fourth-order valence-corrected chi connectivity index (χ4v) is 2.82. The van der Waals surface area contributed by atoms with Crippen molar-refractivity contribution in [1.82, 2.24) is 16.0 Å². The Bertz CT molecular complexity index is 723. The summed E-state index contributed by atoms with van der Waals surface area (Å²) in [5.41, 5.74) is 20.8. The number of amides is 4. The van der Waals surface area contributed by atoms with Gasteiger partial charge in [-0.15, -0.1) is 0 Å². The standard InChI is InChI=1S/C19H36N8O6/c1-10(2)8-13(17(31)26-12(18(32)33)4-3-7-24-19(22)23)27-16(30)11(5-6-14(21)28)25-15(29)9-20/h10-13H,3-9,20H2,1-2H3,(H2,21,28)(H,25,29)(H,26,31)(H,27,30)(H,32,33)(H4,22,23,24). The number of carbonyl (C=O) groups excluding carboxylic acids is 4. The largest absolute Gasteiger partial charge is 0.480 e. The Morgan fingerprint density at radius 3 is 1.94 bits per heavy atom. The van der Waals surface area contributed by atoms with Gasteiger partial charge < -0.3 is 44.0 Å². The molecule has 14 heteroatoms. The van der Waals surface area contributed by atoms with Crippen LogP contribution in [0.25, 0.3) is 0 Å². The second-order valence-electron chi connectivity index (χ2n) is 7.87. The molecule has 0 aromatic rings. The van der Waals surface area contributed by atoms with Crippen molar-refractivity contribution in [2.45, 2.75) is 64.1 Å². The lowest BCUT2D eigenvalue weighted by Gasteiger charge is -2.25. The molecule has 0 aliphatic carbocycles. The molecule has 0 radical (unpaired) electrons. The molecule has 0 rings (SSSR count). The van der Waals surface area contributed by atoms with Crippen molar-refractivity contribution < 1.29 is 29.1 Å². The van der Waals surface area contributed by atoms with Crippen LogP contribution in [0.2, 0.25) is 0 Å². The van der Waals surface area contributed by atoms with E-state index >= 15 is 0 Å². The Hall–Kier alpha value is -3.42. The van der Waals surface area contributed by atoms with Crippen molar-refractivity contribution >= 4 is 35.6 Å². The zero-order valence-corrected chi connectivity index (χ0v) is 19.0. The first-order chi connectivity index (χ1) is 15.4. The van der Waals surface area contributed by atoms with Crippen molar-refractivity contribution in [2.24, 2.45) is 33.8 Å². The van der Waals surface area contributed by atoms with Gasteiger partial charge >= 0.3 is 5.97 Å². The second kappa shape index (κ2) is 15.4. The maximum Gasteiger partial charge on any atom is 0.326 e. The zero-order valence-electron chi connectivity index (χ0n) is 19.0. The predicted molar refractivity (Wildman–Crippen MR) is 120 cm³/mol. The number of guanidine groups is 1. The molecule has 0 spiro atoms. The Labute approximate surface area is 192 Å². The number of nitrogens with one attached hydrogen (secondary N) is 3. The highest BCUT2D eigenvalue weighted by atomic mass is 16.4. The summed E-state index contributed by atoms with van der Waals surface area (Å²) < 4.78 is 0. The fourth-order valence-electron chi connectivity index (χ4n) is 2.82. The first kappa shape index (κ1) is 29.6. The molecule has 0 aromatic heterocycles. The molecule has 0 saturated heterocycles. The third-order valence-corrected chi connectivity index (χ3v) is 4.42. The molecule has 0 saturated carbocycles. The van der Waals surface area contributed by atoms with Crippen LogP contribution in [-0.2, 0) is 24.0 Å². The number of aliphatic imine (C=N–C) groups is 1. The number of primary amides is 1. The molecule has 0 aliphatic heterocycles.